The van der Waals surface area contributed by atoms with Gasteiger partial charge in [-0.25, -0.2) is 14.0 Å². The van der Waals surface area contributed by atoms with Crippen molar-refractivity contribution in [3.05, 3.63) is 29.6 Å². The number of carboxylic acid groups (broad SMARTS) is 1. The lowest BCUT2D eigenvalue weighted by atomic mass is 10.0. The number of esters is 1. The smallest absolute Gasteiger partial charge is 0.338 e. The molecule has 2 N–H and O–H groups in total. The zero-order valence-electron chi connectivity index (χ0n) is 10.9. The molecule has 1 rings (SSSR count). The van der Waals surface area contributed by atoms with Gasteiger partial charge in [0, 0.05) is 5.69 Å². The Bertz CT molecular complexity index is 488. The third-order valence-corrected chi connectivity index (χ3v) is 2.64. The topological polar surface area (TPSA) is 75.6 Å². The van der Waals surface area contributed by atoms with Crippen LogP contribution in [0.15, 0.2) is 18.2 Å². The third-order valence-electron chi connectivity index (χ3n) is 2.64. The maximum Gasteiger partial charge on any atom is 0.338 e. The fraction of sp³-hybridized carbons (Fsp3) is 0.385. The number of rotatable bonds is 5. The van der Waals surface area contributed by atoms with Gasteiger partial charge >= 0.3 is 11.9 Å². The van der Waals surface area contributed by atoms with Crippen LogP contribution in [0.2, 0.25) is 0 Å². The Morgan fingerprint density at radius 1 is 1.37 bits per heavy atom. The molecule has 0 aliphatic rings. The Morgan fingerprint density at radius 2 is 2.00 bits per heavy atom. The second-order valence-corrected chi connectivity index (χ2v) is 4.39. The van der Waals surface area contributed by atoms with Crippen molar-refractivity contribution in [2.24, 2.45) is 5.92 Å². The molecule has 0 heterocycles. The predicted molar refractivity (Wildman–Crippen MR) is 67.6 cm³/mol. The van der Waals surface area contributed by atoms with Crippen molar-refractivity contribution in [1.82, 2.24) is 0 Å². The first-order valence-corrected chi connectivity index (χ1v) is 5.74. The lowest BCUT2D eigenvalue weighted by molar-refractivity contribution is -0.142. The van der Waals surface area contributed by atoms with E-state index in [1.165, 1.54) is 13.2 Å². The van der Waals surface area contributed by atoms with E-state index in [-0.39, 0.29) is 5.92 Å². The van der Waals surface area contributed by atoms with E-state index >= 15 is 0 Å². The van der Waals surface area contributed by atoms with Crippen LogP contribution in [0.5, 0.6) is 0 Å². The van der Waals surface area contributed by atoms with Crippen LogP contribution in [-0.2, 0) is 9.53 Å². The third kappa shape index (κ3) is 3.67. The van der Waals surface area contributed by atoms with Gasteiger partial charge < -0.3 is 15.2 Å². The number of hydrogen-bond donors (Lipinski definition) is 2. The highest BCUT2D eigenvalue weighted by molar-refractivity contribution is 5.89. The Kier molecular flexibility index (Phi) is 4.86. The maximum absolute atomic E-state index is 13.2. The summed E-state index contributed by atoms with van der Waals surface area (Å²) < 4.78 is 17.9. The normalized spacial score (nSPS) is 12.1. The molecule has 0 amide bonds. The van der Waals surface area contributed by atoms with Gasteiger partial charge in [-0.3, -0.25) is 0 Å². The van der Waals surface area contributed by atoms with Gasteiger partial charge in [-0.15, -0.1) is 0 Å². The van der Waals surface area contributed by atoms with Crippen molar-refractivity contribution in [1.29, 1.82) is 0 Å². The molecule has 19 heavy (non-hydrogen) atoms. The zero-order chi connectivity index (χ0) is 14.6. The highest BCUT2D eigenvalue weighted by atomic mass is 19.1. The van der Waals surface area contributed by atoms with Gasteiger partial charge in [0.1, 0.15) is 11.9 Å². The van der Waals surface area contributed by atoms with E-state index in [9.17, 15) is 14.0 Å². The summed E-state index contributed by atoms with van der Waals surface area (Å²) in [5.74, 6) is -2.71. The SMILES string of the molecule is COC(=O)C(Nc1ccc(F)c(C(=O)O)c1)C(C)C. The minimum absolute atomic E-state index is 0.0641. The number of methoxy groups -OCH3 is 1. The average Bonchev–Trinajstić information content (AvgIpc) is 2.36. The molecular weight excluding hydrogens is 253 g/mol. The molecular formula is C13H16FNO4. The molecule has 1 unspecified atom stereocenters. The molecule has 0 spiro atoms. The van der Waals surface area contributed by atoms with Crippen molar-refractivity contribution in [2.45, 2.75) is 19.9 Å². The maximum atomic E-state index is 13.2. The largest absolute Gasteiger partial charge is 0.478 e. The number of halogens is 1. The lowest BCUT2D eigenvalue weighted by Crippen LogP contribution is -2.35. The molecule has 0 fully saturated rings. The molecule has 0 bridgehead atoms. The first kappa shape index (κ1) is 14.9. The number of nitrogens with one attached hydrogen (secondary N) is 1. The van der Waals surface area contributed by atoms with Crippen molar-refractivity contribution < 1.29 is 23.8 Å². The number of hydrogen-bond acceptors (Lipinski definition) is 4. The summed E-state index contributed by atoms with van der Waals surface area (Å²) in [7, 11) is 1.27. The molecule has 0 aromatic heterocycles. The monoisotopic (exact) mass is 269 g/mol. The molecule has 1 atom stereocenters. The van der Waals surface area contributed by atoms with E-state index in [4.69, 9.17) is 5.11 Å². The number of carboxylic acids is 1. The summed E-state index contributed by atoms with van der Waals surface area (Å²) in [6.45, 7) is 3.63. The molecule has 0 aliphatic carbocycles. The minimum Gasteiger partial charge on any atom is -0.478 e. The minimum atomic E-state index is -1.36. The average molecular weight is 269 g/mol. The van der Waals surface area contributed by atoms with Crippen molar-refractivity contribution >= 4 is 17.6 Å². The quantitative estimate of drug-likeness (QED) is 0.801. The molecule has 1 aromatic rings. The van der Waals surface area contributed by atoms with Gasteiger partial charge in [0.05, 0.1) is 12.7 Å². The molecule has 104 valence electrons. The second kappa shape index (κ2) is 6.17. The van der Waals surface area contributed by atoms with E-state index in [1.54, 1.807) is 0 Å². The van der Waals surface area contributed by atoms with Crippen LogP contribution in [0.3, 0.4) is 0 Å². The summed E-state index contributed by atoms with van der Waals surface area (Å²) in [6, 6.07) is 2.94. The summed E-state index contributed by atoms with van der Waals surface area (Å²) in [5, 5.41) is 11.7. The lowest BCUT2D eigenvalue weighted by Gasteiger charge is -2.21. The molecule has 0 saturated carbocycles. The van der Waals surface area contributed by atoms with Gasteiger partial charge in [0.2, 0.25) is 0 Å². The van der Waals surface area contributed by atoms with Crippen molar-refractivity contribution in [3.63, 3.8) is 0 Å². The number of anilines is 1. The van der Waals surface area contributed by atoms with Crippen LogP contribution in [0, 0.1) is 11.7 Å². The van der Waals surface area contributed by atoms with Crippen LogP contribution < -0.4 is 5.32 Å². The van der Waals surface area contributed by atoms with Crippen LogP contribution in [0.1, 0.15) is 24.2 Å². The Labute approximate surface area is 110 Å². The number of ether oxygens (including phenoxy) is 1. The number of carbonyl (C=O) groups excluding carboxylic acids is 1. The summed E-state index contributed by atoms with van der Waals surface area (Å²) in [4.78, 5) is 22.4. The first-order valence-electron chi connectivity index (χ1n) is 5.74. The second-order valence-electron chi connectivity index (χ2n) is 4.39. The fourth-order valence-electron chi connectivity index (χ4n) is 1.58. The zero-order valence-corrected chi connectivity index (χ0v) is 10.9. The van der Waals surface area contributed by atoms with Gasteiger partial charge in [-0.2, -0.15) is 0 Å². The number of benzene rings is 1. The molecule has 1 aromatic carbocycles. The highest BCUT2D eigenvalue weighted by Gasteiger charge is 2.23. The van der Waals surface area contributed by atoms with E-state index in [0.29, 0.717) is 5.69 Å². The molecule has 6 heteroatoms. The van der Waals surface area contributed by atoms with E-state index in [0.717, 1.165) is 12.1 Å². The van der Waals surface area contributed by atoms with E-state index in [1.807, 2.05) is 13.8 Å². The van der Waals surface area contributed by atoms with Crippen LogP contribution in [0.25, 0.3) is 0 Å². The standard InChI is InChI=1S/C13H16FNO4/c1-7(2)11(13(18)19-3)15-8-4-5-10(14)9(6-8)12(16)17/h4-7,11,15H,1-3H3,(H,16,17). The predicted octanol–water partition coefficient (Wildman–Crippen LogP) is 2.13. The van der Waals surface area contributed by atoms with Crippen molar-refractivity contribution in [2.75, 3.05) is 12.4 Å². The van der Waals surface area contributed by atoms with Crippen LogP contribution >= 0.6 is 0 Å². The highest BCUT2D eigenvalue weighted by Crippen LogP contribution is 2.18. The van der Waals surface area contributed by atoms with Gasteiger partial charge in [0.15, 0.2) is 0 Å². The van der Waals surface area contributed by atoms with Gasteiger partial charge in [0.25, 0.3) is 0 Å². The summed E-state index contributed by atoms with van der Waals surface area (Å²) in [5.41, 5.74) is -0.0970. The number of carbonyl (C=O) groups is 2. The van der Waals surface area contributed by atoms with Crippen molar-refractivity contribution in [3.8, 4) is 0 Å². The van der Waals surface area contributed by atoms with Crippen LogP contribution in [-0.4, -0.2) is 30.2 Å². The summed E-state index contributed by atoms with van der Waals surface area (Å²) >= 11 is 0. The van der Waals surface area contributed by atoms with Gasteiger partial charge in [-0.1, -0.05) is 13.8 Å². The Morgan fingerprint density at radius 3 is 2.47 bits per heavy atom. The Balaban J connectivity index is 3.00. The Hall–Kier alpha value is -2.11. The fourth-order valence-corrected chi connectivity index (χ4v) is 1.58. The molecule has 0 radical (unpaired) electrons. The first-order chi connectivity index (χ1) is 8.86. The molecule has 0 aliphatic heterocycles. The molecule has 0 saturated heterocycles. The summed E-state index contributed by atoms with van der Waals surface area (Å²) in [6.07, 6.45) is 0. The van der Waals surface area contributed by atoms with Gasteiger partial charge in [-0.05, 0) is 24.1 Å². The number of aromatic carboxylic acids is 1. The molecule has 5 nitrogen and oxygen atoms in total. The van der Waals surface area contributed by atoms with E-state index in [2.05, 4.69) is 10.1 Å². The van der Waals surface area contributed by atoms with E-state index < -0.39 is 29.4 Å². The van der Waals surface area contributed by atoms with Crippen LogP contribution in [0.4, 0.5) is 10.1 Å².